The van der Waals surface area contributed by atoms with Crippen LogP contribution >= 0.6 is 0 Å². The van der Waals surface area contributed by atoms with E-state index in [9.17, 15) is 9.59 Å². The molecule has 0 bridgehead atoms. The van der Waals surface area contributed by atoms with Crippen LogP contribution < -0.4 is 10.6 Å². The Morgan fingerprint density at radius 2 is 1.81 bits per heavy atom. The van der Waals surface area contributed by atoms with Gasteiger partial charge in [-0.2, -0.15) is 0 Å². The maximum absolute atomic E-state index is 12.8. The molecule has 0 saturated carbocycles. The predicted molar refractivity (Wildman–Crippen MR) is 129 cm³/mol. The Hall–Kier alpha value is -2.86. The summed E-state index contributed by atoms with van der Waals surface area (Å²) in [7, 11) is 0. The number of H-pyrrole nitrogens is 1. The van der Waals surface area contributed by atoms with Crippen molar-refractivity contribution in [3.8, 4) is 0 Å². The van der Waals surface area contributed by atoms with E-state index in [4.69, 9.17) is 0 Å². The molecule has 3 N–H and O–H groups in total. The fourth-order valence-corrected chi connectivity index (χ4v) is 3.80. The molecule has 0 spiro atoms. The number of anilines is 1. The normalized spacial score (nSPS) is 13.7. The zero-order valence-corrected chi connectivity index (χ0v) is 19.9. The van der Waals surface area contributed by atoms with Crippen LogP contribution in [0.1, 0.15) is 66.1 Å². The molecule has 2 heterocycles. The van der Waals surface area contributed by atoms with Crippen LogP contribution in [0.5, 0.6) is 0 Å². The zero-order valence-electron chi connectivity index (χ0n) is 19.9. The van der Waals surface area contributed by atoms with Gasteiger partial charge in [0.15, 0.2) is 0 Å². The molecule has 0 radical (unpaired) electrons. The molecular formula is C25H36N4O2. The number of fused-ring (bicyclic) bond motifs is 1. The molecule has 2 aromatic rings. The predicted octanol–water partition coefficient (Wildman–Crippen LogP) is 4.53. The van der Waals surface area contributed by atoms with Gasteiger partial charge in [-0.05, 0) is 57.6 Å². The summed E-state index contributed by atoms with van der Waals surface area (Å²) in [5, 5.41) is 5.92. The Bertz CT molecular complexity index is 968. The van der Waals surface area contributed by atoms with Gasteiger partial charge < -0.3 is 20.5 Å². The number of amides is 2. The van der Waals surface area contributed by atoms with Crippen molar-refractivity contribution in [2.24, 2.45) is 0 Å². The van der Waals surface area contributed by atoms with E-state index in [1.807, 2.05) is 58.9 Å². The fraction of sp³-hybridized carbons (Fsp3) is 0.440. The topological polar surface area (TPSA) is 77.2 Å². The minimum absolute atomic E-state index is 0.0832. The van der Waals surface area contributed by atoms with Gasteiger partial charge in [0.2, 0.25) is 0 Å². The SMILES string of the molecule is CC.CCN(CC)CCNC(=O)c1c(C)[nH]c(/C=C2\C(=O)Nc3ccc(C)cc32)c1C. The lowest BCUT2D eigenvalue weighted by atomic mass is 10.0. The molecular weight excluding hydrogens is 388 g/mol. The summed E-state index contributed by atoms with van der Waals surface area (Å²) in [6.07, 6.45) is 1.84. The van der Waals surface area contributed by atoms with E-state index in [0.717, 1.165) is 53.4 Å². The molecule has 0 atom stereocenters. The summed E-state index contributed by atoms with van der Waals surface area (Å²) in [4.78, 5) is 30.8. The van der Waals surface area contributed by atoms with Gasteiger partial charge in [-0.15, -0.1) is 0 Å². The lowest BCUT2D eigenvalue weighted by Gasteiger charge is -2.18. The summed E-state index contributed by atoms with van der Waals surface area (Å²) in [5.74, 6) is -0.206. The van der Waals surface area contributed by atoms with Gasteiger partial charge in [-0.3, -0.25) is 9.59 Å². The molecule has 1 aromatic heterocycles. The summed E-state index contributed by atoms with van der Waals surface area (Å²) in [6.45, 7) is 17.4. The highest BCUT2D eigenvalue weighted by Gasteiger charge is 2.25. The number of hydrogen-bond acceptors (Lipinski definition) is 3. The van der Waals surface area contributed by atoms with Crippen LogP contribution in [0.3, 0.4) is 0 Å². The molecule has 0 fully saturated rings. The molecule has 6 nitrogen and oxygen atoms in total. The van der Waals surface area contributed by atoms with Gasteiger partial charge in [0, 0.05) is 35.7 Å². The molecule has 1 aliphatic heterocycles. The van der Waals surface area contributed by atoms with Crippen LogP contribution in [-0.2, 0) is 4.79 Å². The lowest BCUT2D eigenvalue weighted by molar-refractivity contribution is -0.110. The quantitative estimate of drug-likeness (QED) is 0.572. The molecule has 6 heteroatoms. The molecule has 0 unspecified atom stereocenters. The first-order valence-corrected chi connectivity index (χ1v) is 11.2. The smallest absolute Gasteiger partial charge is 0.256 e. The van der Waals surface area contributed by atoms with Gasteiger partial charge in [-0.1, -0.05) is 39.3 Å². The fourth-order valence-electron chi connectivity index (χ4n) is 3.80. The second kappa shape index (κ2) is 11.0. The Kier molecular flexibility index (Phi) is 8.63. The zero-order chi connectivity index (χ0) is 23.1. The van der Waals surface area contributed by atoms with E-state index in [1.165, 1.54) is 0 Å². The van der Waals surface area contributed by atoms with Crippen LogP contribution in [0, 0.1) is 20.8 Å². The molecule has 168 valence electrons. The van der Waals surface area contributed by atoms with Gasteiger partial charge >= 0.3 is 0 Å². The first-order chi connectivity index (χ1) is 14.8. The number of benzene rings is 1. The average molecular weight is 425 g/mol. The van der Waals surface area contributed by atoms with E-state index in [-0.39, 0.29) is 11.8 Å². The minimum atomic E-state index is -0.123. The van der Waals surface area contributed by atoms with Crippen LogP contribution in [0.15, 0.2) is 18.2 Å². The largest absolute Gasteiger partial charge is 0.358 e. The minimum Gasteiger partial charge on any atom is -0.358 e. The first kappa shape index (κ1) is 24.4. The summed E-state index contributed by atoms with van der Waals surface area (Å²) in [6, 6.07) is 5.91. The second-order valence-electron chi connectivity index (χ2n) is 7.51. The summed E-state index contributed by atoms with van der Waals surface area (Å²) in [5.41, 5.74) is 6.52. The number of carbonyl (C=O) groups excluding carboxylic acids is 2. The van der Waals surface area contributed by atoms with Crippen molar-refractivity contribution in [1.29, 1.82) is 0 Å². The number of nitrogens with one attached hydrogen (secondary N) is 3. The molecule has 1 aromatic carbocycles. The molecule has 1 aliphatic rings. The lowest BCUT2D eigenvalue weighted by Crippen LogP contribution is -2.35. The Morgan fingerprint density at radius 3 is 2.45 bits per heavy atom. The monoisotopic (exact) mass is 424 g/mol. The number of aromatic nitrogens is 1. The number of likely N-dealkylation sites (N-methyl/N-ethyl adjacent to an activating group) is 1. The molecule has 3 rings (SSSR count). The van der Waals surface area contributed by atoms with E-state index in [1.54, 1.807) is 0 Å². The maximum atomic E-state index is 12.8. The van der Waals surface area contributed by atoms with E-state index in [0.29, 0.717) is 17.7 Å². The van der Waals surface area contributed by atoms with Crippen LogP contribution in [0.25, 0.3) is 11.6 Å². The van der Waals surface area contributed by atoms with Crippen molar-refractivity contribution in [2.45, 2.75) is 48.5 Å². The van der Waals surface area contributed by atoms with Crippen molar-refractivity contribution in [2.75, 3.05) is 31.5 Å². The molecule has 0 saturated heterocycles. The molecule has 2 amide bonds. The van der Waals surface area contributed by atoms with Gasteiger partial charge in [0.1, 0.15) is 0 Å². The third kappa shape index (κ3) is 5.44. The number of aromatic amines is 1. The van der Waals surface area contributed by atoms with Crippen LogP contribution in [-0.4, -0.2) is 47.9 Å². The highest BCUT2D eigenvalue weighted by Crippen LogP contribution is 2.34. The van der Waals surface area contributed by atoms with Crippen molar-refractivity contribution in [3.05, 3.63) is 51.8 Å². The van der Waals surface area contributed by atoms with E-state index >= 15 is 0 Å². The Labute approximate surface area is 186 Å². The average Bonchev–Trinajstić information content (AvgIpc) is 3.22. The number of carbonyl (C=O) groups is 2. The molecule has 0 aliphatic carbocycles. The highest BCUT2D eigenvalue weighted by atomic mass is 16.2. The van der Waals surface area contributed by atoms with Crippen molar-refractivity contribution in [3.63, 3.8) is 0 Å². The second-order valence-corrected chi connectivity index (χ2v) is 7.51. The summed E-state index contributed by atoms with van der Waals surface area (Å²) < 4.78 is 0. The Balaban J connectivity index is 0.00000166. The number of aryl methyl sites for hydroxylation is 2. The van der Waals surface area contributed by atoms with Crippen molar-refractivity contribution in [1.82, 2.24) is 15.2 Å². The molecule has 31 heavy (non-hydrogen) atoms. The Morgan fingerprint density at radius 1 is 1.13 bits per heavy atom. The third-order valence-corrected chi connectivity index (χ3v) is 5.56. The van der Waals surface area contributed by atoms with Gasteiger partial charge in [0.05, 0.1) is 11.1 Å². The maximum Gasteiger partial charge on any atom is 0.256 e. The number of rotatable bonds is 7. The highest BCUT2D eigenvalue weighted by molar-refractivity contribution is 6.35. The van der Waals surface area contributed by atoms with Crippen LogP contribution in [0.2, 0.25) is 0 Å². The van der Waals surface area contributed by atoms with E-state index in [2.05, 4.69) is 34.4 Å². The summed E-state index contributed by atoms with van der Waals surface area (Å²) >= 11 is 0. The van der Waals surface area contributed by atoms with Crippen LogP contribution in [0.4, 0.5) is 5.69 Å². The van der Waals surface area contributed by atoms with E-state index < -0.39 is 0 Å². The third-order valence-electron chi connectivity index (χ3n) is 5.56. The van der Waals surface area contributed by atoms with Crippen molar-refractivity contribution >= 4 is 29.2 Å². The van der Waals surface area contributed by atoms with Gasteiger partial charge in [0.25, 0.3) is 11.8 Å². The first-order valence-electron chi connectivity index (χ1n) is 11.2. The van der Waals surface area contributed by atoms with Crippen molar-refractivity contribution < 1.29 is 9.59 Å². The standard InChI is InChI=1S/C23H30N4O2.C2H6/c1-6-27(7-2)11-10-24-23(29)21-15(4)20(25-16(21)5)13-18-17-12-14(3)8-9-19(17)26-22(18)28;1-2/h8-9,12-13,25H,6-7,10-11H2,1-5H3,(H,24,29)(H,26,28);1-2H3/b18-13-;. The van der Waals surface area contributed by atoms with Gasteiger partial charge in [-0.25, -0.2) is 0 Å². The number of nitrogens with zero attached hydrogens (tertiary/aromatic N) is 1. The number of hydrogen-bond donors (Lipinski definition) is 3.